The molecule has 1 aliphatic carbocycles. The minimum absolute atomic E-state index is 0.163. The third-order valence-corrected chi connectivity index (χ3v) is 7.53. The summed E-state index contributed by atoms with van der Waals surface area (Å²) in [7, 11) is 6.43. The minimum Gasteiger partial charge on any atom is -0.497 e. The standard InChI is InChI=1S/C27H32N2O5S/c1-16-9-11-19-23(13-16)35-27(28-15-17-7-6-8-22(33-4)25(17)34-5)24(19)26(30)29-20-14-18(31-2)10-12-21(20)32-3/h6-8,10,12,14,16,28H,9,11,13,15H2,1-5H3,(H,29,30)/t16-/m0/s1. The van der Waals surface area contributed by atoms with Crippen molar-refractivity contribution in [2.75, 3.05) is 39.1 Å². The maximum atomic E-state index is 13.7. The molecule has 8 heteroatoms. The number of anilines is 2. The predicted molar refractivity (Wildman–Crippen MR) is 140 cm³/mol. The van der Waals surface area contributed by atoms with Crippen molar-refractivity contribution in [2.45, 2.75) is 32.7 Å². The molecule has 1 aliphatic rings. The highest BCUT2D eigenvalue weighted by Gasteiger charge is 2.28. The molecule has 3 aromatic rings. The number of nitrogens with one attached hydrogen (secondary N) is 2. The van der Waals surface area contributed by atoms with Gasteiger partial charge in [-0.1, -0.05) is 19.1 Å². The zero-order valence-electron chi connectivity index (χ0n) is 20.8. The summed E-state index contributed by atoms with van der Waals surface area (Å²) in [5.41, 5.74) is 3.35. The van der Waals surface area contributed by atoms with E-state index in [4.69, 9.17) is 18.9 Å². The molecule has 35 heavy (non-hydrogen) atoms. The Bertz CT molecular complexity index is 1210. The smallest absolute Gasteiger partial charge is 0.259 e. The summed E-state index contributed by atoms with van der Waals surface area (Å²) < 4.78 is 21.8. The Morgan fingerprint density at radius 1 is 1.03 bits per heavy atom. The van der Waals surface area contributed by atoms with Crippen molar-refractivity contribution in [3.05, 3.63) is 58.0 Å². The highest BCUT2D eigenvalue weighted by Crippen LogP contribution is 2.41. The van der Waals surface area contributed by atoms with Crippen LogP contribution in [-0.2, 0) is 19.4 Å². The Labute approximate surface area is 210 Å². The van der Waals surface area contributed by atoms with Crippen LogP contribution in [0.2, 0.25) is 0 Å². The van der Waals surface area contributed by atoms with E-state index in [-0.39, 0.29) is 5.91 Å². The lowest BCUT2D eigenvalue weighted by Gasteiger charge is -2.19. The van der Waals surface area contributed by atoms with E-state index in [9.17, 15) is 4.79 Å². The first kappa shape index (κ1) is 24.7. The molecule has 0 saturated carbocycles. The van der Waals surface area contributed by atoms with E-state index in [1.807, 2.05) is 18.2 Å². The fourth-order valence-electron chi connectivity index (χ4n) is 4.48. The molecular formula is C27H32N2O5S. The Balaban J connectivity index is 1.67. The van der Waals surface area contributed by atoms with Gasteiger partial charge in [0.15, 0.2) is 11.5 Å². The van der Waals surface area contributed by atoms with Crippen LogP contribution in [0.25, 0.3) is 0 Å². The van der Waals surface area contributed by atoms with Gasteiger partial charge in [0.05, 0.1) is 39.7 Å². The van der Waals surface area contributed by atoms with Gasteiger partial charge in [0.1, 0.15) is 16.5 Å². The van der Waals surface area contributed by atoms with Crippen molar-refractivity contribution in [3.63, 3.8) is 0 Å². The average Bonchev–Trinajstić information content (AvgIpc) is 3.24. The number of amides is 1. The van der Waals surface area contributed by atoms with Crippen molar-refractivity contribution >= 4 is 27.9 Å². The van der Waals surface area contributed by atoms with Crippen LogP contribution in [0.1, 0.15) is 39.7 Å². The quantitative estimate of drug-likeness (QED) is 0.392. The number of benzene rings is 2. The SMILES string of the molecule is COc1ccc(OC)c(NC(=O)c2c(NCc3cccc(OC)c3OC)sc3c2CC[C@H](C)C3)c1. The van der Waals surface area contributed by atoms with E-state index in [1.54, 1.807) is 58.0 Å². The van der Waals surface area contributed by atoms with E-state index < -0.39 is 0 Å². The van der Waals surface area contributed by atoms with Crippen LogP contribution in [-0.4, -0.2) is 34.3 Å². The highest BCUT2D eigenvalue weighted by molar-refractivity contribution is 7.16. The minimum atomic E-state index is -0.163. The summed E-state index contributed by atoms with van der Waals surface area (Å²) in [6.45, 7) is 2.76. The average molecular weight is 497 g/mol. The number of methoxy groups -OCH3 is 4. The summed E-state index contributed by atoms with van der Waals surface area (Å²) in [6.07, 6.45) is 2.93. The monoisotopic (exact) mass is 496 g/mol. The number of fused-ring (bicyclic) bond motifs is 1. The molecule has 186 valence electrons. The van der Waals surface area contributed by atoms with Crippen molar-refractivity contribution in [2.24, 2.45) is 5.92 Å². The molecule has 0 radical (unpaired) electrons. The molecule has 0 saturated heterocycles. The zero-order valence-corrected chi connectivity index (χ0v) is 21.6. The molecule has 0 spiro atoms. The first-order chi connectivity index (χ1) is 17.0. The van der Waals surface area contributed by atoms with Crippen LogP contribution in [0.4, 0.5) is 10.7 Å². The van der Waals surface area contributed by atoms with E-state index in [0.717, 1.165) is 35.4 Å². The highest BCUT2D eigenvalue weighted by atomic mass is 32.1. The number of carbonyl (C=O) groups is 1. The van der Waals surface area contributed by atoms with Crippen LogP contribution >= 0.6 is 11.3 Å². The Morgan fingerprint density at radius 3 is 2.54 bits per heavy atom. The van der Waals surface area contributed by atoms with Crippen molar-refractivity contribution < 1.29 is 23.7 Å². The van der Waals surface area contributed by atoms with Crippen molar-refractivity contribution in [3.8, 4) is 23.0 Å². The topological polar surface area (TPSA) is 78.1 Å². The Hall–Kier alpha value is -3.39. The van der Waals surface area contributed by atoms with Gasteiger partial charge >= 0.3 is 0 Å². The Morgan fingerprint density at radius 2 is 1.83 bits per heavy atom. The maximum absolute atomic E-state index is 13.7. The molecule has 1 amide bonds. The third kappa shape index (κ3) is 5.17. The molecule has 2 N–H and O–H groups in total. The van der Waals surface area contributed by atoms with Crippen LogP contribution < -0.4 is 29.6 Å². The number of ether oxygens (including phenoxy) is 4. The molecule has 0 aliphatic heterocycles. The van der Waals surface area contributed by atoms with Gasteiger partial charge in [-0.2, -0.15) is 0 Å². The van der Waals surface area contributed by atoms with E-state index in [2.05, 4.69) is 17.6 Å². The summed E-state index contributed by atoms with van der Waals surface area (Å²) in [6, 6.07) is 11.1. The summed E-state index contributed by atoms with van der Waals surface area (Å²) in [5, 5.41) is 7.42. The van der Waals surface area contributed by atoms with Crippen LogP contribution in [0.15, 0.2) is 36.4 Å². The second-order valence-electron chi connectivity index (χ2n) is 8.58. The van der Waals surface area contributed by atoms with Crippen molar-refractivity contribution in [1.29, 1.82) is 0 Å². The summed E-state index contributed by atoms with van der Waals surface area (Å²) >= 11 is 1.66. The van der Waals surface area contributed by atoms with E-state index >= 15 is 0 Å². The van der Waals surface area contributed by atoms with Gasteiger partial charge in [0.2, 0.25) is 0 Å². The van der Waals surface area contributed by atoms with Gasteiger partial charge in [0.25, 0.3) is 5.91 Å². The molecule has 1 heterocycles. The Kier molecular flexibility index (Phi) is 7.70. The first-order valence-electron chi connectivity index (χ1n) is 11.6. The van der Waals surface area contributed by atoms with Crippen molar-refractivity contribution in [1.82, 2.24) is 0 Å². The fraction of sp³-hybridized carbons (Fsp3) is 0.370. The van der Waals surface area contributed by atoms with E-state index in [1.165, 1.54) is 4.88 Å². The molecular weight excluding hydrogens is 464 g/mol. The van der Waals surface area contributed by atoms with Gasteiger partial charge in [-0.25, -0.2) is 0 Å². The number of carbonyl (C=O) groups excluding carboxylic acids is 1. The lowest BCUT2D eigenvalue weighted by molar-refractivity contribution is 0.102. The normalized spacial score (nSPS) is 14.6. The maximum Gasteiger partial charge on any atom is 0.259 e. The molecule has 1 atom stereocenters. The molecule has 0 fully saturated rings. The molecule has 2 aromatic carbocycles. The summed E-state index contributed by atoms with van der Waals surface area (Å²) in [4.78, 5) is 14.9. The lowest BCUT2D eigenvalue weighted by Crippen LogP contribution is -2.18. The number of thiophene rings is 1. The fourth-order valence-corrected chi connectivity index (χ4v) is 5.88. The molecule has 0 bridgehead atoms. The van der Waals surface area contributed by atoms with Gasteiger partial charge in [0, 0.05) is 23.1 Å². The van der Waals surface area contributed by atoms with Gasteiger partial charge in [-0.15, -0.1) is 11.3 Å². The number of hydrogen-bond acceptors (Lipinski definition) is 7. The lowest BCUT2D eigenvalue weighted by atomic mass is 9.88. The second kappa shape index (κ2) is 10.9. The van der Waals surface area contributed by atoms with Crippen LogP contribution in [0.5, 0.6) is 23.0 Å². The summed E-state index contributed by atoms with van der Waals surface area (Å²) in [5.74, 6) is 3.02. The first-order valence-corrected chi connectivity index (χ1v) is 12.4. The second-order valence-corrected chi connectivity index (χ2v) is 9.69. The predicted octanol–water partition coefficient (Wildman–Crippen LogP) is 5.77. The molecule has 7 nitrogen and oxygen atoms in total. The molecule has 4 rings (SSSR count). The largest absolute Gasteiger partial charge is 0.497 e. The van der Waals surface area contributed by atoms with E-state index in [0.29, 0.717) is 46.7 Å². The van der Waals surface area contributed by atoms with Crippen LogP contribution in [0.3, 0.4) is 0 Å². The van der Waals surface area contributed by atoms with Gasteiger partial charge < -0.3 is 29.6 Å². The number of hydrogen-bond donors (Lipinski definition) is 2. The van der Waals surface area contributed by atoms with Gasteiger partial charge in [-0.3, -0.25) is 4.79 Å². The third-order valence-electron chi connectivity index (χ3n) is 6.32. The van der Waals surface area contributed by atoms with Gasteiger partial charge in [-0.05, 0) is 48.9 Å². The van der Waals surface area contributed by atoms with Crippen LogP contribution in [0, 0.1) is 5.92 Å². The molecule has 0 unspecified atom stereocenters. The molecule has 1 aromatic heterocycles. The number of rotatable bonds is 9. The zero-order chi connectivity index (χ0) is 24.9. The number of para-hydroxylation sites is 1.